The molecule has 1 atom stereocenters. The summed E-state index contributed by atoms with van der Waals surface area (Å²) in [4.78, 5) is 31.4. The van der Waals surface area contributed by atoms with Crippen LogP contribution in [0.15, 0.2) is 78.6 Å². The van der Waals surface area contributed by atoms with Crippen LogP contribution in [0.1, 0.15) is 17.2 Å². The van der Waals surface area contributed by atoms with E-state index in [4.69, 9.17) is 4.74 Å². The first-order valence-corrected chi connectivity index (χ1v) is 9.13. The lowest BCUT2D eigenvalue weighted by atomic mass is 9.95. The van der Waals surface area contributed by atoms with E-state index in [1.807, 2.05) is 0 Å². The van der Waals surface area contributed by atoms with Gasteiger partial charge in [-0.05, 0) is 54.1 Å². The number of methoxy groups -OCH3 is 1. The zero-order valence-corrected chi connectivity index (χ0v) is 15.9. The molecule has 1 N–H and O–H groups in total. The molecule has 1 aliphatic rings. The topological polar surface area (TPSA) is 79.7 Å². The van der Waals surface area contributed by atoms with Gasteiger partial charge in [-0.1, -0.05) is 12.1 Å². The average molecular weight is 404 g/mol. The van der Waals surface area contributed by atoms with Gasteiger partial charge in [-0.25, -0.2) is 4.39 Å². The summed E-state index contributed by atoms with van der Waals surface area (Å²) in [6.45, 7) is 0. The molecule has 0 spiro atoms. The van der Waals surface area contributed by atoms with Gasteiger partial charge in [0.05, 0.1) is 24.4 Å². The number of aliphatic hydroxyl groups excluding tert-OH is 1. The number of hydrogen-bond donors (Lipinski definition) is 1. The molecule has 1 amide bonds. The van der Waals surface area contributed by atoms with E-state index in [1.165, 1.54) is 48.7 Å². The smallest absolute Gasteiger partial charge is 0.300 e. The third-order valence-electron chi connectivity index (χ3n) is 4.93. The van der Waals surface area contributed by atoms with Gasteiger partial charge in [0, 0.05) is 18.0 Å². The second-order valence-electron chi connectivity index (χ2n) is 6.63. The fourth-order valence-corrected chi connectivity index (χ4v) is 3.53. The maximum atomic E-state index is 13.3. The van der Waals surface area contributed by atoms with Crippen LogP contribution in [-0.2, 0) is 9.59 Å². The van der Waals surface area contributed by atoms with Crippen LogP contribution >= 0.6 is 0 Å². The Kier molecular flexibility index (Phi) is 5.02. The van der Waals surface area contributed by atoms with Crippen molar-refractivity contribution in [1.82, 2.24) is 4.98 Å². The normalized spacial score (nSPS) is 17.9. The highest BCUT2D eigenvalue weighted by Gasteiger charge is 2.47. The van der Waals surface area contributed by atoms with Gasteiger partial charge in [-0.2, -0.15) is 0 Å². The summed E-state index contributed by atoms with van der Waals surface area (Å²) in [6, 6.07) is 14.3. The summed E-state index contributed by atoms with van der Waals surface area (Å²) in [5.41, 5.74) is 1.11. The van der Waals surface area contributed by atoms with Gasteiger partial charge >= 0.3 is 0 Å². The van der Waals surface area contributed by atoms with Crippen LogP contribution < -0.4 is 9.64 Å². The van der Waals surface area contributed by atoms with Gasteiger partial charge in [-0.3, -0.25) is 19.5 Å². The van der Waals surface area contributed by atoms with E-state index in [0.717, 1.165) is 0 Å². The minimum absolute atomic E-state index is 0.0938. The lowest BCUT2D eigenvalue weighted by molar-refractivity contribution is -0.132. The molecule has 1 fully saturated rings. The Hall–Kier alpha value is -4.00. The molecule has 0 saturated carbocycles. The number of rotatable bonds is 4. The summed E-state index contributed by atoms with van der Waals surface area (Å²) in [7, 11) is 1.47. The summed E-state index contributed by atoms with van der Waals surface area (Å²) in [5.74, 6) is -2.10. The Morgan fingerprint density at radius 3 is 2.37 bits per heavy atom. The van der Waals surface area contributed by atoms with Gasteiger partial charge in [0.1, 0.15) is 17.3 Å². The molecule has 4 rings (SSSR count). The summed E-state index contributed by atoms with van der Waals surface area (Å²) in [5, 5.41) is 10.9. The molecule has 6 nitrogen and oxygen atoms in total. The largest absolute Gasteiger partial charge is 0.507 e. The molecule has 0 aliphatic carbocycles. The monoisotopic (exact) mass is 404 g/mol. The Morgan fingerprint density at radius 2 is 1.70 bits per heavy atom. The van der Waals surface area contributed by atoms with Crippen molar-refractivity contribution in [3.8, 4) is 5.75 Å². The zero-order valence-electron chi connectivity index (χ0n) is 15.9. The van der Waals surface area contributed by atoms with E-state index >= 15 is 0 Å². The van der Waals surface area contributed by atoms with Crippen LogP contribution in [0.5, 0.6) is 5.75 Å². The Labute approximate surface area is 171 Å². The van der Waals surface area contributed by atoms with Gasteiger partial charge < -0.3 is 9.84 Å². The van der Waals surface area contributed by atoms with Gasteiger partial charge in [0.25, 0.3) is 11.7 Å². The Morgan fingerprint density at radius 1 is 1.03 bits per heavy atom. The molecular formula is C23H17FN2O4. The van der Waals surface area contributed by atoms with Crippen molar-refractivity contribution in [2.24, 2.45) is 0 Å². The fourth-order valence-electron chi connectivity index (χ4n) is 3.53. The number of Topliss-reactive ketones (excluding diaryl/α,β-unsaturated/α-hetero) is 1. The molecule has 1 saturated heterocycles. The number of benzene rings is 2. The predicted octanol–water partition coefficient (Wildman–Crippen LogP) is 3.86. The highest BCUT2D eigenvalue weighted by molar-refractivity contribution is 6.51. The number of halogens is 1. The van der Waals surface area contributed by atoms with Crippen molar-refractivity contribution >= 4 is 23.1 Å². The maximum Gasteiger partial charge on any atom is 0.300 e. The number of anilines is 1. The third kappa shape index (κ3) is 3.20. The predicted molar refractivity (Wildman–Crippen MR) is 108 cm³/mol. The number of nitrogens with zero attached hydrogens (tertiary/aromatic N) is 2. The van der Waals surface area contributed by atoms with Crippen LogP contribution in [0, 0.1) is 5.82 Å². The number of amides is 1. The zero-order chi connectivity index (χ0) is 21.3. The first-order valence-electron chi connectivity index (χ1n) is 9.13. The summed E-state index contributed by atoms with van der Waals surface area (Å²) >= 11 is 0. The quantitative estimate of drug-likeness (QED) is 0.406. The van der Waals surface area contributed by atoms with Crippen molar-refractivity contribution < 1.29 is 23.8 Å². The van der Waals surface area contributed by atoms with Gasteiger partial charge in [0.15, 0.2) is 0 Å². The second-order valence-corrected chi connectivity index (χ2v) is 6.63. The molecule has 150 valence electrons. The molecular weight excluding hydrogens is 387 g/mol. The number of aliphatic hydroxyl groups is 1. The average Bonchev–Trinajstić information content (AvgIpc) is 3.05. The molecule has 3 aromatic rings. The Balaban J connectivity index is 1.96. The number of ether oxygens (including phenoxy) is 1. The number of pyridine rings is 1. The summed E-state index contributed by atoms with van der Waals surface area (Å²) in [6.07, 6.45) is 3.07. The summed E-state index contributed by atoms with van der Waals surface area (Å²) < 4.78 is 18.7. The number of carbonyl (C=O) groups is 2. The lowest BCUT2D eigenvalue weighted by Crippen LogP contribution is -2.29. The van der Waals surface area contributed by atoms with Crippen LogP contribution in [-0.4, -0.2) is 28.9 Å². The van der Waals surface area contributed by atoms with E-state index < -0.39 is 23.5 Å². The van der Waals surface area contributed by atoms with Crippen molar-refractivity contribution in [1.29, 1.82) is 0 Å². The standard InChI is InChI=1S/C23H17FN2O4/c1-30-18-5-3-2-4-17(18)26-20(14-10-12-25-13-11-14)19(22(28)23(26)29)21(27)15-6-8-16(24)9-7-15/h2-13,20,27H,1H3/b21-19+. The molecule has 1 aromatic heterocycles. The molecule has 2 aromatic carbocycles. The number of ketones is 1. The van der Waals surface area contributed by atoms with Gasteiger partial charge in [-0.15, -0.1) is 0 Å². The molecule has 0 bridgehead atoms. The maximum absolute atomic E-state index is 13.3. The van der Waals surface area contributed by atoms with Crippen molar-refractivity contribution in [2.75, 3.05) is 12.0 Å². The minimum atomic E-state index is -0.908. The van der Waals surface area contributed by atoms with Crippen molar-refractivity contribution in [2.45, 2.75) is 6.04 Å². The minimum Gasteiger partial charge on any atom is -0.507 e. The molecule has 30 heavy (non-hydrogen) atoms. The lowest BCUT2D eigenvalue weighted by Gasteiger charge is -2.26. The molecule has 7 heteroatoms. The van der Waals surface area contributed by atoms with Crippen LogP contribution in [0.25, 0.3) is 5.76 Å². The van der Waals surface area contributed by atoms with E-state index in [9.17, 15) is 19.1 Å². The molecule has 2 heterocycles. The second kappa shape index (κ2) is 7.79. The fraction of sp³-hybridized carbons (Fsp3) is 0.0870. The van der Waals surface area contributed by atoms with E-state index in [2.05, 4.69) is 4.98 Å². The first-order chi connectivity index (χ1) is 14.5. The Bertz CT molecular complexity index is 1140. The number of para-hydroxylation sites is 2. The molecule has 1 aliphatic heterocycles. The SMILES string of the molecule is COc1ccccc1N1C(=O)C(=O)/C(=C(/O)c2ccc(F)cc2)C1c1ccncc1. The van der Waals surface area contributed by atoms with Crippen molar-refractivity contribution in [3.05, 3.63) is 95.6 Å². The number of aromatic nitrogens is 1. The van der Waals surface area contributed by atoms with Crippen LogP contribution in [0.3, 0.4) is 0 Å². The van der Waals surface area contributed by atoms with Gasteiger partial charge in [0.2, 0.25) is 0 Å². The van der Waals surface area contributed by atoms with E-state index in [0.29, 0.717) is 17.0 Å². The number of carbonyl (C=O) groups excluding carboxylic acids is 2. The highest BCUT2D eigenvalue weighted by Crippen LogP contribution is 2.44. The van der Waals surface area contributed by atoms with E-state index in [1.54, 1.807) is 36.4 Å². The highest BCUT2D eigenvalue weighted by atomic mass is 19.1. The third-order valence-corrected chi connectivity index (χ3v) is 4.93. The van der Waals surface area contributed by atoms with E-state index in [-0.39, 0.29) is 16.9 Å². The molecule has 0 radical (unpaired) electrons. The van der Waals surface area contributed by atoms with Crippen molar-refractivity contribution in [3.63, 3.8) is 0 Å². The van der Waals surface area contributed by atoms with Crippen LogP contribution in [0.4, 0.5) is 10.1 Å². The molecule has 1 unspecified atom stereocenters. The number of hydrogen-bond acceptors (Lipinski definition) is 5. The first kappa shape index (κ1) is 19.3. The van der Waals surface area contributed by atoms with Crippen LogP contribution in [0.2, 0.25) is 0 Å².